The number of aromatic nitrogens is 2. The fraction of sp³-hybridized carbons (Fsp3) is 0.474. The summed E-state index contributed by atoms with van der Waals surface area (Å²) in [4.78, 5) is 45.2. The molecule has 0 atom stereocenters. The smallest absolute Gasteiger partial charge is 0.321 e. The number of carbonyl (C=O) groups excluding carboxylic acids is 2. The number of aromatic amines is 1. The first-order chi connectivity index (χ1) is 12.8. The van der Waals surface area contributed by atoms with Crippen LogP contribution in [0.4, 0.5) is 4.79 Å². The molecule has 2 rings (SSSR count). The van der Waals surface area contributed by atoms with Crippen LogP contribution >= 0.6 is 0 Å². The Balaban J connectivity index is 2.04. The zero-order chi connectivity index (χ0) is 20.0. The van der Waals surface area contributed by atoms with Crippen LogP contribution in [0.5, 0.6) is 0 Å². The van der Waals surface area contributed by atoms with Gasteiger partial charge in [0.1, 0.15) is 5.82 Å². The number of carbonyl (C=O) groups is 2. The number of H-pyrrole nitrogens is 1. The molecule has 0 radical (unpaired) electrons. The van der Waals surface area contributed by atoms with Gasteiger partial charge in [-0.1, -0.05) is 26.0 Å². The van der Waals surface area contributed by atoms with Crippen molar-refractivity contribution in [2.45, 2.75) is 40.3 Å². The van der Waals surface area contributed by atoms with Crippen molar-refractivity contribution in [3.63, 3.8) is 0 Å². The number of hydrogen-bond acceptors (Lipinski definition) is 5. The van der Waals surface area contributed by atoms with E-state index in [-0.39, 0.29) is 18.1 Å². The maximum atomic E-state index is 12.2. The Morgan fingerprint density at radius 2 is 1.89 bits per heavy atom. The topological polar surface area (TPSA) is 107 Å². The summed E-state index contributed by atoms with van der Waals surface area (Å²) in [5.41, 5.74) is 0.397. The number of urea groups is 1. The zero-order valence-electron chi connectivity index (χ0n) is 16.2. The summed E-state index contributed by atoms with van der Waals surface area (Å²) in [6, 6.07) is 6.62. The molecular formula is C19H27N5O3. The number of benzene rings is 1. The number of amides is 3. The normalized spacial score (nSPS) is 11.4. The minimum absolute atomic E-state index is 0.0172. The van der Waals surface area contributed by atoms with Crippen molar-refractivity contribution in [1.82, 2.24) is 25.5 Å². The number of imide groups is 1. The van der Waals surface area contributed by atoms with E-state index in [4.69, 9.17) is 0 Å². The van der Waals surface area contributed by atoms with Crippen molar-refractivity contribution in [1.29, 1.82) is 0 Å². The van der Waals surface area contributed by atoms with E-state index in [9.17, 15) is 14.4 Å². The second-order valence-electron chi connectivity index (χ2n) is 7.18. The van der Waals surface area contributed by atoms with Gasteiger partial charge in [0.05, 0.1) is 24.0 Å². The Hall–Kier alpha value is -2.74. The van der Waals surface area contributed by atoms with E-state index in [0.717, 1.165) is 0 Å². The van der Waals surface area contributed by atoms with Gasteiger partial charge < -0.3 is 10.3 Å². The van der Waals surface area contributed by atoms with Crippen molar-refractivity contribution in [2.75, 3.05) is 13.1 Å². The summed E-state index contributed by atoms with van der Waals surface area (Å²) >= 11 is 0. The molecule has 0 saturated carbocycles. The molecule has 0 bridgehead atoms. The fourth-order valence-corrected chi connectivity index (χ4v) is 2.51. The van der Waals surface area contributed by atoms with E-state index in [1.807, 2.05) is 38.7 Å². The van der Waals surface area contributed by atoms with Gasteiger partial charge >= 0.3 is 6.03 Å². The van der Waals surface area contributed by atoms with Crippen LogP contribution in [0.2, 0.25) is 0 Å². The SMILES string of the molecule is CC(C)CNC(=O)NC(=O)CN(Cc1nc2ccccc2c(=O)[nH]1)C(C)C. The molecule has 1 heterocycles. The summed E-state index contributed by atoms with van der Waals surface area (Å²) < 4.78 is 0. The van der Waals surface area contributed by atoms with E-state index in [2.05, 4.69) is 20.6 Å². The first kappa shape index (κ1) is 20.6. The highest BCUT2D eigenvalue weighted by Crippen LogP contribution is 2.08. The molecule has 1 aromatic carbocycles. The van der Waals surface area contributed by atoms with Gasteiger partial charge in [0.2, 0.25) is 5.91 Å². The van der Waals surface area contributed by atoms with Crippen LogP contribution in [0.3, 0.4) is 0 Å². The molecule has 2 aromatic rings. The molecule has 0 spiro atoms. The molecule has 8 heteroatoms. The van der Waals surface area contributed by atoms with E-state index in [1.165, 1.54) is 0 Å². The third-order valence-electron chi connectivity index (χ3n) is 4.02. The molecule has 1 aromatic heterocycles. The van der Waals surface area contributed by atoms with Gasteiger partial charge in [-0.25, -0.2) is 9.78 Å². The zero-order valence-corrected chi connectivity index (χ0v) is 16.2. The molecule has 0 aliphatic rings. The Morgan fingerprint density at radius 3 is 2.56 bits per heavy atom. The monoisotopic (exact) mass is 373 g/mol. The van der Waals surface area contributed by atoms with Crippen LogP contribution in [0, 0.1) is 5.92 Å². The maximum Gasteiger partial charge on any atom is 0.321 e. The third kappa shape index (κ3) is 6.18. The number of para-hydroxylation sites is 1. The second kappa shape index (κ2) is 9.27. The van der Waals surface area contributed by atoms with Gasteiger partial charge in [-0.2, -0.15) is 0 Å². The number of fused-ring (bicyclic) bond motifs is 1. The molecule has 0 unspecified atom stereocenters. The largest absolute Gasteiger partial charge is 0.338 e. The average Bonchev–Trinajstić information content (AvgIpc) is 2.59. The highest BCUT2D eigenvalue weighted by molar-refractivity contribution is 5.95. The molecule has 0 aliphatic carbocycles. The Kier molecular flexibility index (Phi) is 7.06. The van der Waals surface area contributed by atoms with Gasteiger partial charge in [0.15, 0.2) is 0 Å². The lowest BCUT2D eigenvalue weighted by atomic mass is 10.2. The quantitative estimate of drug-likeness (QED) is 0.684. The van der Waals surface area contributed by atoms with Crippen molar-refractivity contribution >= 4 is 22.8 Å². The van der Waals surface area contributed by atoms with Crippen molar-refractivity contribution < 1.29 is 9.59 Å². The average molecular weight is 373 g/mol. The Bertz CT molecular complexity index is 860. The Labute approximate surface area is 158 Å². The van der Waals surface area contributed by atoms with Crippen molar-refractivity contribution in [2.24, 2.45) is 5.92 Å². The van der Waals surface area contributed by atoms with E-state index in [0.29, 0.717) is 35.7 Å². The number of hydrogen-bond donors (Lipinski definition) is 3. The van der Waals surface area contributed by atoms with Crippen LogP contribution in [-0.2, 0) is 11.3 Å². The van der Waals surface area contributed by atoms with E-state index < -0.39 is 11.9 Å². The maximum absolute atomic E-state index is 12.2. The molecule has 3 N–H and O–H groups in total. The predicted molar refractivity (Wildman–Crippen MR) is 104 cm³/mol. The standard InChI is InChI=1S/C19H27N5O3/c1-12(2)9-20-19(27)23-17(25)11-24(13(3)4)10-16-21-15-8-6-5-7-14(15)18(26)22-16/h5-8,12-13H,9-11H2,1-4H3,(H,21,22,26)(H2,20,23,25,27). The molecule has 0 aliphatic heterocycles. The summed E-state index contributed by atoms with van der Waals surface area (Å²) in [6.45, 7) is 8.62. The van der Waals surface area contributed by atoms with Crippen LogP contribution in [0.25, 0.3) is 10.9 Å². The molecule has 146 valence electrons. The number of rotatable bonds is 7. The lowest BCUT2D eigenvalue weighted by Gasteiger charge is -2.25. The van der Waals surface area contributed by atoms with Crippen LogP contribution in [-0.4, -0.2) is 45.9 Å². The highest BCUT2D eigenvalue weighted by Gasteiger charge is 2.18. The van der Waals surface area contributed by atoms with Crippen LogP contribution in [0.15, 0.2) is 29.1 Å². The molecular weight excluding hydrogens is 346 g/mol. The fourth-order valence-electron chi connectivity index (χ4n) is 2.51. The summed E-state index contributed by atoms with van der Waals surface area (Å²) in [6.07, 6.45) is 0. The highest BCUT2D eigenvalue weighted by atomic mass is 16.2. The summed E-state index contributed by atoms with van der Waals surface area (Å²) in [5, 5.41) is 5.49. The molecule has 27 heavy (non-hydrogen) atoms. The van der Waals surface area contributed by atoms with Gasteiger partial charge in [-0.3, -0.25) is 19.8 Å². The summed E-state index contributed by atoms with van der Waals surface area (Å²) in [5.74, 6) is 0.367. The Morgan fingerprint density at radius 1 is 1.19 bits per heavy atom. The predicted octanol–water partition coefficient (Wildman–Crippen LogP) is 1.62. The van der Waals surface area contributed by atoms with E-state index in [1.54, 1.807) is 18.2 Å². The lowest BCUT2D eigenvalue weighted by Crippen LogP contribution is -2.46. The minimum atomic E-state index is -0.505. The van der Waals surface area contributed by atoms with Gasteiger partial charge in [0.25, 0.3) is 5.56 Å². The van der Waals surface area contributed by atoms with Crippen molar-refractivity contribution in [3.05, 3.63) is 40.4 Å². The van der Waals surface area contributed by atoms with Gasteiger partial charge in [-0.15, -0.1) is 0 Å². The third-order valence-corrected chi connectivity index (χ3v) is 4.02. The molecule has 3 amide bonds. The van der Waals surface area contributed by atoms with Gasteiger partial charge in [-0.05, 0) is 31.9 Å². The first-order valence-corrected chi connectivity index (χ1v) is 9.06. The van der Waals surface area contributed by atoms with Crippen molar-refractivity contribution in [3.8, 4) is 0 Å². The lowest BCUT2D eigenvalue weighted by molar-refractivity contribution is -0.121. The minimum Gasteiger partial charge on any atom is -0.338 e. The number of nitrogens with zero attached hydrogens (tertiary/aromatic N) is 2. The van der Waals surface area contributed by atoms with Crippen LogP contribution < -0.4 is 16.2 Å². The number of nitrogens with one attached hydrogen (secondary N) is 3. The summed E-state index contributed by atoms with van der Waals surface area (Å²) in [7, 11) is 0. The second-order valence-corrected chi connectivity index (χ2v) is 7.18. The molecule has 0 fully saturated rings. The van der Waals surface area contributed by atoms with Gasteiger partial charge in [0, 0.05) is 12.6 Å². The first-order valence-electron chi connectivity index (χ1n) is 9.06. The molecule has 8 nitrogen and oxygen atoms in total. The van der Waals surface area contributed by atoms with Crippen LogP contribution in [0.1, 0.15) is 33.5 Å². The molecule has 0 saturated heterocycles. The van der Waals surface area contributed by atoms with E-state index >= 15 is 0 Å².